The van der Waals surface area contributed by atoms with Gasteiger partial charge in [-0.1, -0.05) is 33.8 Å². The lowest BCUT2D eigenvalue weighted by molar-refractivity contribution is 0.559. The van der Waals surface area contributed by atoms with Gasteiger partial charge in [-0.3, -0.25) is 0 Å². The van der Waals surface area contributed by atoms with Gasteiger partial charge in [0.15, 0.2) is 0 Å². The van der Waals surface area contributed by atoms with Crippen molar-refractivity contribution in [1.82, 2.24) is 0 Å². The molecule has 0 amide bonds. The van der Waals surface area contributed by atoms with Crippen LogP contribution in [-0.2, 0) is 0 Å². The summed E-state index contributed by atoms with van der Waals surface area (Å²) in [5.41, 5.74) is 0. The molecule has 0 aromatic heterocycles. The lowest BCUT2D eigenvalue weighted by Gasteiger charge is -2.05. The van der Waals surface area contributed by atoms with Crippen LogP contribution in [0.25, 0.3) is 0 Å². The molecule has 0 saturated carbocycles. The zero-order chi connectivity index (χ0) is 8.69. The standard InChI is InChI=1S/C10H20S/c1-5-11-10(4)8-6-7-9(2)3/h9H,4-8H2,1-3H3. The van der Waals surface area contributed by atoms with E-state index in [1.807, 2.05) is 11.8 Å². The summed E-state index contributed by atoms with van der Waals surface area (Å²) in [5.74, 6) is 2.01. The lowest BCUT2D eigenvalue weighted by atomic mass is 10.1. The Labute approximate surface area is 75.5 Å². The van der Waals surface area contributed by atoms with Gasteiger partial charge in [-0.15, -0.1) is 11.8 Å². The lowest BCUT2D eigenvalue weighted by Crippen LogP contribution is -1.87. The molecule has 0 atom stereocenters. The number of allylic oxidation sites excluding steroid dienone is 1. The van der Waals surface area contributed by atoms with E-state index in [0.29, 0.717) is 0 Å². The van der Waals surface area contributed by atoms with E-state index in [1.54, 1.807) is 0 Å². The van der Waals surface area contributed by atoms with Crippen molar-refractivity contribution >= 4 is 11.8 Å². The van der Waals surface area contributed by atoms with Crippen LogP contribution in [0.5, 0.6) is 0 Å². The predicted molar refractivity (Wildman–Crippen MR) is 56.0 cm³/mol. The fraction of sp³-hybridized carbons (Fsp3) is 0.800. The van der Waals surface area contributed by atoms with Crippen LogP contribution in [0.15, 0.2) is 11.5 Å². The van der Waals surface area contributed by atoms with E-state index < -0.39 is 0 Å². The van der Waals surface area contributed by atoms with Crippen molar-refractivity contribution in [2.24, 2.45) is 5.92 Å². The van der Waals surface area contributed by atoms with Crippen LogP contribution in [0.3, 0.4) is 0 Å². The van der Waals surface area contributed by atoms with Crippen LogP contribution in [0.4, 0.5) is 0 Å². The van der Waals surface area contributed by atoms with E-state index in [1.165, 1.54) is 29.9 Å². The largest absolute Gasteiger partial charge is 0.132 e. The fourth-order valence-electron chi connectivity index (χ4n) is 0.984. The number of hydrogen-bond donors (Lipinski definition) is 0. The van der Waals surface area contributed by atoms with Crippen molar-refractivity contribution in [3.05, 3.63) is 11.5 Å². The second kappa shape index (κ2) is 6.78. The van der Waals surface area contributed by atoms with E-state index >= 15 is 0 Å². The summed E-state index contributed by atoms with van der Waals surface area (Å²) in [6.07, 6.45) is 3.85. The molecule has 0 aliphatic heterocycles. The van der Waals surface area contributed by atoms with Crippen molar-refractivity contribution in [1.29, 1.82) is 0 Å². The predicted octanol–water partition coefficient (Wildman–Crippen LogP) is 4.08. The third-order valence-corrected chi connectivity index (χ3v) is 2.49. The minimum absolute atomic E-state index is 0.842. The SMILES string of the molecule is C=C(CCCC(C)C)SCC. The molecule has 0 aliphatic rings. The quantitative estimate of drug-likeness (QED) is 0.582. The van der Waals surface area contributed by atoms with Crippen molar-refractivity contribution in [2.45, 2.75) is 40.0 Å². The molecular formula is C10H20S. The molecule has 0 aromatic rings. The Balaban J connectivity index is 3.17. The molecule has 0 aromatic carbocycles. The maximum atomic E-state index is 4.00. The molecule has 0 unspecified atom stereocenters. The molecule has 0 rings (SSSR count). The molecule has 0 spiro atoms. The van der Waals surface area contributed by atoms with Gasteiger partial charge in [0.05, 0.1) is 0 Å². The molecule has 0 fully saturated rings. The van der Waals surface area contributed by atoms with Gasteiger partial charge in [0.2, 0.25) is 0 Å². The van der Waals surface area contributed by atoms with E-state index in [2.05, 4.69) is 27.4 Å². The van der Waals surface area contributed by atoms with Gasteiger partial charge < -0.3 is 0 Å². The maximum Gasteiger partial charge on any atom is -0.00519 e. The van der Waals surface area contributed by atoms with Crippen molar-refractivity contribution in [3.8, 4) is 0 Å². The average Bonchev–Trinajstić information content (AvgIpc) is 1.87. The molecule has 1 heteroatoms. The third kappa shape index (κ3) is 7.99. The summed E-state index contributed by atoms with van der Waals surface area (Å²) in [7, 11) is 0. The van der Waals surface area contributed by atoms with Crippen LogP contribution >= 0.6 is 11.8 Å². The van der Waals surface area contributed by atoms with Crippen LogP contribution in [0.1, 0.15) is 40.0 Å². The van der Waals surface area contributed by atoms with Crippen LogP contribution in [0, 0.1) is 5.92 Å². The Morgan fingerprint density at radius 3 is 2.55 bits per heavy atom. The van der Waals surface area contributed by atoms with E-state index in [-0.39, 0.29) is 0 Å². The molecule has 0 radical (unpaired) electrons. The first-order valence-electron chi connectivity index (χ1n) is 4.47. The highest BCUT2D eigenvalue weighted by Gasteiger charge is 1.96. The zero-order valence-corrected chi connectivity index (χ0v) is 8.84. The topological polar surface area (TPSA) is 0 Å². The van der Waals surface area contributed by atoms with E-state index in [0.717, 1.165) is 5.92 Å². The zero-order valence-electron chi connectivity index (χ0n) is 8.02. The highest BCUT2D eigenvalue weighted by molar-refractivity contribution is 8.03. The monoisotopic (exact) mass is 172 g/mol. The van der Waals surface area contributed by atoms with Gasteiger partial charge in [0.1, 0.15) is 0 Å². The van der Waals surface area contributed by atoms with Crippen LogP contribution in [0.2, 0.25) is 0 Å². The van der Waals surface area contributed by atoms with Crippen LogP contribution in [-0.4, -0.2) is 5.75 Å². The van der Waals surface area contributed by atoms with Crippen LogP contribution < -0.4 is 0 Å². The summed E-state index contributed by atoms with van der Waals surface area (Å²) in [6, 6.07) is 0. The summed E-state index contributed by atoms with van der Waals surface area (Å²) in [4.78, 5) is 1.35. The second-order valence-electron chi connectivity index (χ2n) is 3.26. The second-order valence-corrected chi connectivity index (χ2v) is 4.70. The normalized spacial score (nSPS) is 10.5. The number of hydrogen-bond acceptors (Lipinski definition) is 1. The van der Waals surface area contributed by atoms with Crippen molar-refractivity contribution in [3.63, 3.8) is 0 Å². The maximum absolute atomic E-state index is 4.00. The van der Waals surface area contributed by atoms with Gasteiger partial charge in [-0.25, -0.2) is 0 Å². The smallest absolute Gasteiger partial charge is 0.00519 e. The molecular weight excluding hydrogens is 152 g/mol. The van der Waals surface area contributed by atoms with Gasteiger partial charge in [0, 0.05) is 0 Å². The number of rotatable bonds is 6. The summed E-state index contributed by atoms with van der Waals surface area (Å²) < 4.78 is 0. The Kier molecular flexibility index (Phi) is 6.83. The molecule has 0 nitrogen and oxygen atoms in total. The Bertz CT molecular complexity index is 105. The molecule has 11 heavy (non-hydrogen) atoms. The molecule has 66 valence electrons. The number of thioether (sulfide) groups is 1. The molecule has 0 N–H and O–H groups in total. The molecule has 0 saturated heterocycles. The van der Waals surface area contributed by atoms with Crippen molar-refractivity contribution in [2.75, 3.05) is 5.75 Å². The summed E-state index contributed by atoms with van der Waals surface area (Å²) in [6.45, 7) is 10.7. The fourth-order valence-corrected chi connectivity index (χ4v) is 1.68. The first-order valence-corrected chi connectivity index (χ1v) is 5.46. The Hall–Kier alpha value is 0.0900. The third-order valence-electron chi connectivity index (χ3n) is 1.59. The first-order chi connectivity index (χ1) is 5.16. The first kappa shape index (κ1) is 11.1. The molecule has 0 heterocycles. The summed E-state index contributed by atoms with van der Waals surface area (Å²) in [5, 5.41) is 0. The van der Waals surface area contributed by atoms with E-state index in [9.17, 15) is 0 Å². The Morgan fingerprint density at radius 2 is 2.09 bits per heavy atom. The minimum Gasteiger partial charge on any atom is -0.132 e. The van der Waals surface area contributed by atoms with Gasteiger partial charge >= 0.3 is 0 Å². The van der Waals surface area contributed by atoms with Gasteiger partial charge in [0.25, 0.3) is 0 Å². The van der Waals surface area contributed by atoms with E-state index in [4.69, 9.17) is 0 Å². The highest BCUT2D eigenvalue weighted by Crippen LogP contribution is 2.20. The Morgan fingerprint density at radius 1 is 1.45 bits per heavy atom. The molecule has 0 aliphatic carbocycles. The summed E-state index contributed by atoms with van der Waals surface area (Å²) >= 11 is 1.89. The average molecular weight is 172 g/mol. The van der Waals surface area contributed by atoms with Gasteiger partial charge in [-0.2, -0.15) is 0 Å². The molecule has 0 bridgehead atoms. The minimum atomic E-state index is 0.842. The van der Waals surface area contributed by atoms with Gasteiger partial charge in [-0.05, 0) is 29.4 Å². The van der Waals surface area contributed by atoms with Crippen molar-refractivity contribution < 1.29 is 0 Å². The highest BCUT2D eigenvalue weighted by atomic mass is 32.2.